The molecule has 0 atom stereocenters. The van der Waals surface area contributed by atoms with E-state index in [0.717, 1.165) is 21.4 Å². The number of hydrogen-bond acceptors (Lipinski definition) is 5. The van der Waals surface area contributed by atoms with E-state index >= 15 is 0 Å². The van der Waals surface area contributed by atoms with E-state index in [9.17, 15) is 13.2 Å². The molecule has 0 aliphatic heterocycles. The number of ether oxygens (including phenoxy) is 1. The molecule has 2 N–H and O–H groups in total. The number of methoxy groups -OCH3 is 1. The van der Waals surface area contributed by atoms with Gasteiger partial charge in [-0.25, -0.2) is 8.42 Å². The maximum atomic E-state index is 13.1. The van der Waals surface area contributed by atoms with Gasteiger partial charge in [-0.2, -0.15) is 0 Å². The van der Waals surface area contributed by atoms with Crippen molar-refractivity contribution in [3.05, 3.63) is 108 Å². The first-order chi connectivity index (χ1) is 17.3. The van der Waals surface area contributed by atoms with E-state index in [-0.39, 0.29) is 15.5 Å². The van der Waals surface area contributed by atoms with Gasteiger partial charge >= 0.3 is 0 Å². The summed E-state index contributed by atoms with van der Waals surface area (Å²) in [6.45, 7) is 0. The summed E-state index contributed by atoms with van der Waals surface area (Å²) in [7, 11) is -0.828. The van der Waals surface area contributed by atoms with Crippen LogP contribution >= 0.6 is 11.6 Å². The monoisotopic (exact) mass is 521 g/mol. The van der Waals surface area contributed by atoms with E-state index in [4.69, 9.17) is 16.3 Å². The first-order valence-electron chi connectivity index (χ1n) is 10.9. The molecule has 1 amide bonds. The third kappa shape index (κ3) is 5.62. The van der Waals surface area contributed by atoms with Crippen LogP contribution in [0.5, 0.6) is 5.75 Å². The first-order valence-corrected chi connectivity index (χ1v) is 12.8. The normalized spacial score (nSPS) is 11.0. The van der Waals surface area contributed by atoms with Crippen molar-refractivity contribution in [3.63, 3.8) is 0 Å². The van der Waals surface area contributed by atoms with Gasteiger partial charge < -0.3 is 15.4 Å². The smallest absolute Gasteiger partial charge is 0.264 e. The van der Waals surface area contributed by atoms with Crippen LogP contribution in [-0.2, 0) is 10.0 Å². The van der Waals surface area contributed by atoms with Crippen LogP contribution in [0.2, 0.25) is 5.02 Å². The molecule has 0 fully saturated rings. The van der Waals surface area contributed by atoms with Gasteiger partial charge in [0.2, 0.25) is 0 Å². The maximum absolute atomic E-state index is 13.1. The second-order valence-electron chi connectivity index (χ2n) is 7.83. The Morgan fingerprint density at radius 3 is 2.03 bits per heavy atom. The van der Waals surface area contributed by atoms with Gasteiger partial charge in [0.15, 0.2) is 0 Å². The number of sulfonamides is 1. The zero-order valence-corrected chi connectivity index (χ0v) is 21.2. The Morgan fingerprint density at radius 2 is 1.42 bits per heavy atom. The molecule has 7 nitrogen and oxygen atoms in total. The molecule has 0 radical (unpaired) electrons. The quantitative estimate of drug-likeness (QED) is 0.289. The highest BCUT2D eigenvalue weighted by Crippen LogP contribution is 2.27. The summed E-state index contributed by atoms with van der Waals surface area (Å²) in [5.74, 6) is 0.246. The van der Waals surface area contributed by atoms with Crippen molar-refractivity contribution >= 4 is 50.3 Å². The highest BCUT2D eigenvalue weighted by Gasteiger charge is 2.23. The summed E-state index contributed by atoms with van der Waals surface area (Å²) >= 11 is 6.25. The maximum Gasteiger partial charge on any atom is 0.264 e. The minimum atomic E-state index is -3.90. The first kappa shape index (κ1) is 25.1. The van der Waals surface area contributed by atoms with Gasteiger partial charge in [-0.1, -0.05) is 29.8 Å². The number of rotatable bonds is 8. The Labute approximate surface area is 215 Å². The van der Waals surface area contributed by atoms with Crippen molar-refractivity contribution in [1.82, 2.24) is 0 Å². The molecule has 184 valence electrons. The summed E-state index contributed by atoms with van der Waals surface area (Å²) in [4.78, 5) is 12.9. The molecule has 0 unspecified atom stereocenters. The van der Waals surface area contributed by atoms with E-state index in [1.165, 1.54) is 25.2 Å². The van der Waals surface area contributed by atoms with Crippen LogP contribution in [0.1, 0.15) is 10.4 Å². The van der Waals surface area contributed by atoms with Crippen LogP contribution in [-0.4, -0.2) is 28.5 Å². The minimum Gasteiger partial charge on any atom is -0.497 e. The summed E-state index contributed by atoms with van der Waals surface area (Å²) in [5, 5.41) is 6.18. The summed E-state index contributed by atoms with van der Waals surface area (Å²) in [5.41, 5.74) is 2.80. The van der Waals surface area contributed by atoms with Crippen molar-refractivity contribution in [2.24, 2.45) is 0 Å². The predicted octanol–water partition coefficient (Wildman–Crippen LogP) is 6.17. The van der Waals surface area contributed by atoms with Gasteiger partial charge in [0.1, 0.15) is 5.75 Å². The van der Waals surface area contributed by atoms with Crippen molar-refractivity contribution < 1.29 is 17.9 Å². The lowest BCUT2D eigenvalue weighted by Gasteiger charge is -2.20. The Hall–Kier alpha value is -4.01. The molecular weight excluding hydrogens is 498 g/mol. The van der Waals surface area contributed by atoms with Crippen molar-refractivity contribution in [3.8, 4) is 5.75 Å². The molecule has 4 aromatic carbocycles. The van der Waals surface area contributed by atoms with Gasteiger partial charge in [0.25, 0.3) is 15.9 Å². The highest BCUT2D eigenvalue weighted by molar-refractivity contribution is 7.92. The molecule has 4 aromatic rings. The largest absolute Gasteiger partial charge is 0.497 e. The Bertz CT molecular complexity index is 1460. The topological polar surface area (TPSA) is 87.7 Å². The second-order valence-corrected chi connectivity index (χ2v) is 10.2. The summed E-state index contributed by atoms with van der Waals surface area (Å²) < 4.78 is 32.6. The number of nitrogens with one attached hydrogen (secondary N) is 2. The number of halogens is 1. The predicted molar refractivity (Wildman–Crippen MR) is 144 cm³/mol. The molecular formula is C27H24ClN3O4S. The summed E-state index contributed by atoms with van der Waals surface area (Å²) in [6.07, 6.45) is 0. The fraction of sp³-hybridized carbons (Fsp3) is 0.0741. The van der Waals surface area contributed by atoms with Crippen LogP contribution in [0, 0.1) is 0 Å². The van der Waals surface area contributed by atoms with E-state index in [0.29, 0.717) is 11.4 Å². The number of amides is 1. The van der Waals surface area contributed by atoms with Crippen LogP contribution in [0.4, 0.5) is 22.7 Å². The molecule has 0 heterocycles. The van der Waals surface area contributed by atoms with Gasteiger partial charge in [-0.15, -0.1) is 0 Å². The van der Waals surface area contributed by atoms with Crippen molar-refractivity contribution in [2.45, 2.75) is 4.90 Å². The van der Waals surface area contributed by atoms with Crippen LogP contribution < -0.4 is 19.7 Å². The van der Waals surface area contributed by atoms with E-state index in [2.05, 4.69) is 10.6 Å². The van der Waals surface area contributed by atoms with Gasteiger partial charge in [-0.3, -0.25) is 9.10 Å². The fourth-order valence-electron chi connectivity index (χ4n) is 3.45. The molecule has 0 saturated heterocycles. The minimum absolute atomic E-state index is 0.0394. The van der Waals surface area contributed by atoms with Crippen LogP contribution in [0.15, 0.2) is 102 Å². The third-order valence-corrected chi connectivity index (χ3v) is 7.59. The Balaban J connectivity index is 1.49. The number of carbonyl (C=O) groups excluding carboxylic acids is 1. The number of para-hydroxylation sites is 1. The molecule has 0 aliphatic carbocycles. The molecule has 0 saturated carbocycles. The number of nitrogens with zero attached hydrogens (tertiary/aromatic N) is 1. The SMILES string of the molecule is COc1ccc(Nc2ccc(NC(=O)c3cc(S(=O)(=O)N(C)c4ccccc4)ccc3Cl)cc2)cc1. The lowest BCUT2D eigenvalue weighted by atomic mass is 10.2. The van der Waals surface area contributed by atoms with Crippen molar-refractivity contribution in [1.29, 1.82) is 0 Å². The average molecular weight is 522 g/mol. The molecule has 9 heteroatoms. The number of anilines is 4. The van der Waals surface area contributed by atoms with E-state index < -0.39 is 15.9 Å². The second kappa shape index (κ2) is 10.7. The Morgan fingerprint density at radius 1 is 0.833 bits per heavy atom. The van der Waals surface area contributed by atoms with Crippen LogP contribution in [0.3, 0.4) is 0 Å². The fourth-order valence-corrected chi connectivity index (χ4v) is 4.88. The average Bonchev–Trinajstić information content (AvgIpc) is 2.90. The zero-order valence-electron chi connectivity index (χ0n) is 19.6. The van der Waals surface area contributed by atoms with E-state index in [1.54, 1.807) is 49.6 Å². The lowest BCUT2D eigenvalue weighted by molar-refractivity contribution is 0.102. The highest BCUT2D eigenvalue weighted by atomic mass is 35.5. The number of carbonyl (C=O) groups is 1. The standard InChI is InChI=1S/C27H24ClN3O4S/c1-31(22-6-4-3-5-7-22)36(33,34)24-16-17-26(28)25(18-24)27(32)30-21-10-8-19(9-11-21)29-20-12-14-23(35-2)15-13-20/h3-18,29H,1-2H3,(H,30,32). The Kier molecular flexibility index (Phi) is 7.47. The lowest BCUT2D eigenvalue weighted by Crippen LogP contribution is -2.27. The summed E-state index contributed by atoms with van der Waals surface area (Å²) in [6, 6.07) is 27.4. The third-order valence-electron chi connectivity index (χ3n) is 5.48. The van der Waals surface area contributed by atoms with Gasteiger partial charge in [0, 0.05) is 24.1 Å². The van der Waals surface area contributed by atoms with Crippen molar-refractivity contribution in [2.75, 3.05) is 29.1 Å². The van der Waals surface area contributed by atoms with Crippen LogP contribution in [0.25, 0.3) is 0 Å². The molecule has 36 heavy (non-hydrogen) atoms. The van der Waals surface area contributed by atoms with Gasteiger partial charge in [-0.05, 0) is 78.9 Å². The number of benzene rings is 4. The number of hydrogen-bond donors (Lipinski definition) is 2. The van der Waals surface area contributed by atoms with Gasteiger partial charge in [0.05, 0.1) is 28.3 Å². The molecule has 0 aliphatic rings. The zero-order chi connectivity index (χ0) is 25.7. The van der Waals surface area contributed by atoms with E-state index in [1.807, 2.05) is 36.4 Å². The molecule has 0 bridgehead atoms. The molecule has 0 spiro atoms. The molecule has 0 aromatic heterocycles. The molecule has 4 rings (SSSR count).